The van der Waals surface area contributed by atoms with Gasteiger partial charge in [-0.2, -0.15) is 0 Å². The summed E-state index contributed by atoms with van der Waals surface area (Å²) >= 11 is 0. The van der Waals surface area contributed by atoms with Crippen molar-refractivity contribution in [3.8, 4) is 11.1 Å². The second-order valence-electron chi connectivity index (χ2n) is 8.26. The van der Waals surface area contributed by atoms with E-state index in [9.17, 15) is 0 Å². The summed E-state index contributed by atoms with van der Waals surface area (Å²) in [5.41, 5.74) is 4.84. The lowest BCUT2D eigenvalue weighted by molar-refractivity contribution is 1.21. The van der Waals surface area contributed by atoms with E-state index in [-0.39, 0.29) is 0 Å². The van der Waals surface area contributed by atoms with Gasteiger partial charge in [-0.05, 0) is 56.1 Å². The largest absolute Gasteiger partial charge is 0.344 e. The standard InChI is InChI=1S/C31H23N/c1-32(31-18-10-9-13-24(31)22-11-3-2-4-12-22)23-19-20-29-27-16-6-5-14-25(27)26-15-7-8-17-28(26)30(29)21-23/h2-21H,1H3. The van der Waals surface area contributed by atoms with Crippen molar-refractivity contribution in [3.05, 3.63) is 121 Å². The molecule has 0 atom stereocenters. The summed E-state index contributed by atoms with van der Waals surface area (Å²) in [5.74, 6) is 0. The number of benzene rings is 6. The first kappa shape index (κ1) is 18.7. The van der Waals surface area contributed by atoms with Crippen molar-refractivity contribution >= 4 is 43.7 Å². The molecule has 0 heterocycles. The number of hydrogen-bond acceptors (Lipinski definition) is 1. The zero-order valence-electron chi connectivity index (χ0n) is 18.0. The fraction of sp³-hybridized carbons (Fsp3) is 0.0323. The first-order chi connectivity index (χ1) is 15.8. The van der Waals surface area contributed by atoms with Gasteiger partial charge in [0.05, 0.1) is 0 Å². The maximum Gasteiger partial charge on any atom is 0.0487 e. The molecule has 6 aromatic rings. The molecule has 0 unspecified atom stereocenters. The van der Waals surface area contributed by atoms with Crippen molar-refractivity contribution in [2.75, 3.05) is 11.9 Å². The maximum atomic E-state index is 2.34. The molecule has 1 heteroatoms. The number of hydrogen-bond donors (Lipinski definition) is 0. The Kier molecular flexibility index (Phi) is 4.40. The minimum absolute atomic E-state index is 1.18. The second kappa shape index (κ2) is 7.55. The van der Waals surface area contributed by atoms with Crippen molar-refractivity contribution in [3.63, 3.8) is 0 Å². The van der Waals surface area contributed by atoms with Gasteiger partial charge in [-0.1, -0.05) is 103 Å². The van der Waals surface area contributed by atoms with Gasteiger partial charge in [-0.3, -0.25) is 0 Å². The highest BCUT2D eigenvalue weighted by atomic mass is 15.1. The maximum absolute atomic E-state index is 2.34. The molecule has 0 aliphatic carbocycles. The number of nitrogens with zero attached hydrogens (tertiary/aromatic N) is 1. The number of rotatable bonds is 3. The summed E-state index contributed by atoms with van der Waals surface area (Å²) in [7, 11) is 2.16. The molecule has 0 saturated heterocycles. The quantitative estimate of drug-likeness (QED) is 0.265. The monoisotopic (exact) mass is 409 g/mol. The minimum atomic E-state index is 1.18. The van der Waals surface area contributed by atoms with E-state index >= 15 is 0 Å². The molecule has 1 nitrogen and oxygen atoms in total. The van der Waals surface area contributed by atoms with Crippen LogP contribution in [0.2, 0.25) is 0 Å². The molecule has 0 N–H and O–H groups in total. The van der Waals surface area contributed by atoms with Crippen LogP contribution in [-0.2, 0) is 0 Å². The third-order valence-electron chi connectivity index (χ3n) is 6.47. The highest BCUT2D eigenvalue weighted by Gasteiger charge is 2.13. The van der Waals surface area contributed by atoms with Crippen molar-refractivity contribution in [1.29, 1.82) is 0 Å². The summed E-state index contributed by atoms with van der Waals surface area (Å²) < 4.78 is 0. The van der Waals surface area contributed by atoms with E-state index in [0.717, 1.165) is 0 Å². The molecule has 0 aromatic heterocycles. The van der Waals surface area contributed by atoms with Gasteiger partial charge in [0, 0.05) is 24.0 Å². The fourth-order valence-electron chi connectivity index (χ4n) is 4.87. The normalized spacial score (nSPS) is 11.3. The smallest absolute Gasteiger partial charge is 0.0487 e. The zero-order chi connectivity index (χ0) is 21.5. The Labute approximate surface area is 188 Å². The predicted molar refractivity (Wildman–Crippen MR) is 139 cm³/mol. The molecule has 0 spiro atoms. The lowest BCUT2D eigenvalue weighted by Crippen LogP contribution is -2.10. The van der Waals surface area contributed by atoms with Crippen molar-refractivity contribution in [1.82, 2.24) is 0 Å². The Morgan fingerprint density at radius 3 is 1.59 bits per heavy atom. The van der Waals surface area contributed by atoms with Crippen LogP contribution in [0.25, 0.3) is 43.4 Å². The summed E-state index contributed by atoms with van der Waals surface area (Å²) in [6.07, 6.45) is 0. The summed E-state index contributed by atoms with van der Waals surface area (Å²) in [6.45, 7) is 0. The van der Waals surface area contributed by atoms with Gasteiger partial charge in [-0.25, -0.2) is 0 Å². The Morgan fingerprint density at radius 1 is 0.438 bits per heavy atom. The number of para-hydroxylation sites is 1. The van der Waals surface area contributed by atoms with E-state index in [1.54, 1.807) is 0 Å². The fourth-order valence-corrected chi connectivity index (χ4v) is 4.87. The van der Waals surface area contributed by atoms with E-state index < -0.39 is 0 Å². The number of anilines is 2. The predicted octanol–water partition coefficient (Wildman–Crippen LogP) is 8.58. The molecular formula is C31H23N. The highest BCUT2D eigenvalue weighted by Crippen LogP contribution is 2.39. The third kappa shape index (κ3) is 2.94. The summed E-state index contributed by atoms with van der Waals surface area (Å²) in [4.78, 5) is 2.30. The lowest BCUT2D eigenvalue weighted by Gasteiger charge is -2.24. The van der Waals surface area contributed by atoms with Gasteiger partial charge in [0.15, 0.2) is 0 Å². The number of fused-ring (bicyclic) bond motifs is 6. The SMILES string of the molecule is CN(c1ccc2c3ccccc3c3ccccc3c2c1)c1ccccc1-c1ccccc1. The zero-order valence-corrected chi connectivity index (χ0v) is 18.0. The Balaban J connectivity index is 1.58. The first-order valence-electron chi connectivity index (χ1n) is 11.0. The molecule has 0 aliphatic heterocycles. The molecule has 32 heavy (non-hydrogen) atoms. The molecule has 6 aromatic carbocycles. The summed E-state index contributed by atoms with van der Waals surface area (Å²) in [5, 5.41) is 7.81. The van der Waals surface area contributed by atoms with Crippen molar-refractivity contribution in [2.45, 2.75) is 0 Å². The lowest BCUT2D eigenvalue weighted by atomic mass is 9.94. The Morgan fingerprint density at radius 2 is 0.938 bits per heavy atom. The Hall–Kier alpha value is -4.10. The van der Waals surface area contributed by atoms with Gasteiger partial charge in [0.1, 0.15) is 0 Å². The van der Waals surface area contributed by atoms with Gasteiger partial charge in [-0.15, -0.1) is 0 Å². The van der Waals surface area contributed by atoms with Crippen LogP contribution in [0.3, 0.4) is 0 Å². The van der Waals surface area contributed by atoms with E-state index in [4.69, 9.17) is 0 Å². The molecule has 0 radical (unpaired) electrons. The van der Waals surface area contributed by atoms with Gasteiger partial charge >= 0.3 is 0 Å². The molecule has 0 aliphatic rings. The van der Waals surface area contributed by atoms with E-state index in [1.165, 1.54) is 54.8 Å². The van der Waals surface area contributed by atoms with Crippen LogP contribution in [0.5, 0.6) is 0 Å². The van der Waals surface area contributed by atoms with Crippen LogP contribution in [0.15, 0.2) is 121 Å². The van der Waals surface area contributed by atoms with Gasteiger partial charge in [0.2, 0.25) is 0 Å². The third-order valence-corrected chi connectivity index (χ3v) is 6.47. The highest BCUT2D eigenvalue weighted by molar-refractivity contribution is 6.25. The molecule has 0 amide bonds. The second-order valence-corrected chi connectivity index (χ2v) is 8.26. The van der Waals surface area contributed by atoms with E-state index in [1.807, 2.05) is 0 Å². The van der Waals surface area contributed by atoms with E-state index in [0.29, 0.717) is 0 Å². The molecule has 0 bridgehead atoms. The molecular weight excluding hydrogens is 386 g/mol. The van der Waals surface area contributed by atoms with Gasteiger partial charge < -0.3 is 4.90 Å². The van der Waals surface area contributed by atoms with Crippen LogP contribution in [0, 0.1) is 0 Å². The minimum Gasteiger partial charge on any atom is -0.344 e. The van der Waals surface area contributed by atoms with Gasteiger partial charge in [0.25, 0.3) is 0 Å². The van der Waals surface area contributed by atoms with Crippen LogP contribution < -0.4 is 4.90 Å². The summed E-state index contributed by atoms with van der Waals surface area (Å²) in [6, 6.07) is 43.6. The molecule has 0 fully saturated rings. The topological polar surface area (TPSA) is 3.24 Å². The average molecular weight is 410 g/mol. The van der Waals surface area contributed by atoms with E-state index in [2.05, 4.69) is 133 Å². The van der Waals surface area contributed by atoms with Crippen LogP contribution in [0.4, 0.5) is 11.4 Å². The van der Waals surface area contributed by atoms with Crippen molar-refractivity contribution < 1.29 is 0 Å². The average Bonchev–Trinajstić information content (AvgIpc) is 2.88. The first-order valence-corrected chi connectivity index (χ1v) is 11.0. The van der Waals surface area contributed by atoms with Crippen LogP contribution in [-0.4, -0.2) is 7.05 Å². The molecule has 0 saturated carbocycles. The van der Waals surface area contributed by atoms with Crippen molar-refractivity contribution in [2.24, 2.45) is 0 Å². The Bertz CT molecular complexity index is 1550. The van der Waals surface area contributed by atoms with Crippen LogP contribution >= 0.6 is 0 Å². The molecule has 6 rings (SSSR count). The molecule has 152 valence electrons. The van der Waals surface area contributed by atoms with Crippen LogP contribution in [0.1, 0.15) is 0 Å².